The molecule has 9 atom stereocenters. The smallest absolute Gasteiger partial charge is 0.00978 e. The Hall–Kier alpha value is 0.350. The van der Waals surface area contributed by atoms with Gasteiger partial charge in [0.05, 0.1) is 0 Å². The molecule has 5 fully saturated rings. The summed E-state index contributed by atoms with van der Waals surface area (Å²) in [6.45, 7) is 0. The van der Waals surface area contributed by atoms with Gasteiger partial charge < -0.3 is 0 Å². The Morgan fingerprint density at radius 2 is 1.53 bits per heavy atom. The van der Waals surface area contributed by atoms with Crippen molar-refractivity contribution in [3.8, 4) is 0 Å². The molecular weight excluding hydrogens is 248 g/mol. The fourth-order valence-corrected chi connectivity index (χ4v) is 8.33. The van der Waals surface area contributed by atoms with E-state index in [1.807, 2.05) is 0 Å². The van der Waals surface area contributed by atoms with Gasteiger partial charge in [-0.25, -0.2) is 0 Å². The van der Waals surface area contributed by atoms with Crippen LogP contribution in [0.3, 0.4) is 0 Å². The molecule has 0 saturated heterocycles. The monoisotopic (exact) mass is 276 g/mol. The van der Waals surface area contributed by atoms with Gasteiger partial charge in [0.2, 0.25) is 0 Å². The van der Waals surface area contributed by atoms with E-state index in [9.17, 15) is 0 Å². The van der Waals surface area contributed by atoms with Crippen molar-refractivity contribution in [2.75, 3.05) is 5.75 Å². The number of fused-ring (bicyclic) bond motifs is 12. The highest BCUT2D eigenvalue weighted by molar-refractivity contribution is 7.80. The van der Waals surface area contributed by atoms with Crippen LogP contribution in [0.25, 0.3) is 0 Å². The third kappa shape index (κ3) is 1.44. The molecule has 4 bridgehead atoms. The maximum absolute atomic E-state index is 4.44. The minimum absolute atomic E-state index is 1.10. The van der Waals surface area contributed by atoms with Crippen LogP contribution < -0.4 is 0 Å². The van der Waals surface area contributed by atoms with Gasteiger partial charge in [0.1, 0.15) is 0 Å². The fraction of sp³-hybridized carbons (Fsp3) is 1.00. The average Bonchev–Trinajstić information content (AvgIpc) is 3.17. The quantitative estimate of drug-likeness (QED) is 0.563. The molecule has 5 rings (SSSR count). The van der Waals surface area contributed by atoms with E-state index in [4.69, 9.17) is 0 Å². The van der Waals surface area contributed by atoms with Gasteiger partial charge in [0, 0.05) is 0 Å². The Bertz CT molecular complexity index is 378. The first-order valence-electron chi connectivity index (χ1n) is 8.99. The average molecular weight is 276 g/mol. The largest absolute Gasteiger partial charge is 0.179 e. The molecule has 0 nitrogen and oxygen atoms in total. The maximum Gasteiger partial charge on any atom is -0.00978 e. The van der Waals surface area contributed by atoms with Gasteiger partial charge in [-0.15, -0.1) is 0 Å². The van der Waals surface area contributed by atoms with Gasteiger partial charge >= 0.3 is 0 Å². The molecule has 19 heavy (non-hydrogen) atoms. The second-order valence-corrected chi connectivity index (χ2v) is 8.94. The minimum atomic E-state index is 1.10. The third-order valence-electron chi connectivity index (χ3n) is 8.27. The number of thiol groups is 1. The van der Waals surface area contributed by atoms with Crippen LogP contribution in [0.15, 0.2) is 0 Å². The van der Waals surface area contributed by atoms with Crippen LogP contribution in [0.4, 0.5) is 0 Å². The summed E-state index contributed by atoms with van der Waals surface area (Å²) < 4.78 is 0. The first-order chi connectivity index (χ1) is 9.38. The summed E-state index contributed by atoms with van der Waals surface area (Å²) in [7, 11) is 0. The second kappa shape index (κ2) is 4.18. The second-order valence-electron chi connectivity index (χ2n) is 8.50. The van der Waals surface area contributed by atoms with Crippen LogP contribution in [0.2, 0.25) is 0 Å². The van der Waals surface area contributed by atoms with Crippen LogP contribution in [-0.4, -0.2) is 5.75 Å². The van der Waals surface area contributed by atoms with Gasteiger partial charge in [-0.1, -0.05) is 0 Å². The van der Waals surface area contributed by atoms with E-state index in [0.717, 1.165) is 11.7 Å². The first-order valence-corrected chi connectivity index (χ1v) is 9.62. The van der Waals surface area contributed by atoms with Crippen LogP contribution >= 0.6 is 12.6 Å². The molecule has 0 radical (unpaired) electrons. The Labute approximate surface area is 123 Å². The SMILES string of the molecule is SCCCC1CCC2C3CC(C12)C1C2CCC(C2)C31. The van der Waals surface area contributed by atoms with Crippen molar-refractivity contribution in [1.82, 2.24) is 0 Å². The Morgan fingerprint density at radius 3 is 2.32 bits per heavy atom. The van der Waals surface area contributed by atoms with E-state index in [0.29, 0.717) is 0 Å². The molecule has 1 heteroatoms. The van der Waals surface area contributed by atoms with Gasteiger partial charge in [0.15, 0.2) is 0 Å². The lowest BCUT2D eigenvalue weighted by molar-refractivity contribution is 0.0539. The zero-order valence-electron chi connectivity index (χ0n) is 12.0. The van der Waals surface area contributed by atoms with Crippen LogP contribution in [0, 0.1) is 53.3 Å². The molecular formula is C18H28S. The maximum atomic E-state index is 4.44. The molecule has 0 N–H and O–H groups in total. The van der Waals surface area contributed by atoms with Crippen molar-refractivity contribution >= 4 is 12.6 Å². The van der Waals surface area contributed by atoms with E-state index >= 15 is 0 Å². The van der Waals surface area contributed by atoms with E-state index in [1.54, 1.807) is 38.5 Å². The van der Waals surface area contributed by atoms with Crippen molar-refractivity contribution in [3.05, 3.63) is 0 Å². The molecule has 0 aromatic carbocycles. The molecule has 5 aliphatic rings. The lowest BCUT2D eigenvalue weighted by atomic mass is 9.63. The predicted molar refractivity (Wildman–Crippen MR) is 82.2 cm³/mol. The van der Waals surface area contributed by atoms with Crippen LogP contribution in [0.1, 0.15) is 51.4 Å². The highest BCUT2D eigenvalue weighted by Gasteiger charge is 2.67. The Balaban J connectivity index is 1.41. The van der Waals surface area contributed by atoms with E-state index in [-0.39, 0.29) is 0 Å². The lowest BCUT2D eigenvalue weighted by Gasteiger charge is -2.42. The summed E-state index contributed by atoms with van der Waals surface area (Å²) in [5.41, 5.74) is 0. The molecule has 106 valence electrons. The predicted octanol–water partition coefficient (Wildman–Crippen LogP) is 4.65. The molecule has 0 aromatic rings. The summed E-state index contributed by atoms with van der Waals surface area (Å²) in [5, 5.41) is 0. The van der Waals surface area contributed by atoms with Crippen molar-refractivity contribution in [3.63, 3.8) is 0 Å². The minimum Gasteiger partial charge on any atom is -0.179 e. The molecule has 0 aromatic heterocycles. The molecule has 9 unspecified atom stereocenters. The number of hydrogen-bond acceptors (Lipinski definition) is 1. The Kier molecular flexibility index (Phi) is 2.63. The molecule has 0 aliphatic heterocycles. The van der Waals surface area contributed by atoms with Gasteiger partial charge in [0.25, 0.3) is 0 Å². The highest BCUT2D eigenvalue weighted by Crippen LogP contribution is 2.73. The fourth-order valence-electron chi connectivity index (χ4n) is 8.15. The van der Waals surface area contributed by atoms with E-state index < -0.39 is 0 Å². The van der Waals surface area contributed by atoms with Crippen molar-refractivity contribution in [2.24, 2.45) is 53.3 Å². The summed E-state index contributed by atoms with van der Waals surface area (Å²) in [6.07, 6.45) is 12.6. The zero-order valence-corrected chi connectivity index (χ0v) is 12.9. The topological polar surface area (TPSA) is 0 Å². The molecule has 0 heterocycles. The van der Waals surface area contributed by atoms with Gasteiger partial charge in [-0.2, -0.15) is 12.6 Å². The van der Waals surface area contributed by atoms with Gasteiger partial charge in [-0.3, -0.25) is 0 Å². The molecule has 5 saturated carbocycles. The van der Waals surface area contributed by atoms with Crippen molar-refractivity contribution in [1.29, 1.82) is 0 Å². The summed E-state index contributed by atoms with van der Waals surface area (Å²) in [6, 6.07) is 0. The third-order valence-corrected chi connectivity index (χ3v) is 8.58. The normalized spacial score (nSPS) is 60.8. The summed E-state index contributed by atoms with van der Waals surface area (Å²) in [5.74, 6) is 11.7. The van der Waals surface area contributed by atoms with E-state index in [2.05, 4.69) is 12.6 Å². The molecule has 0 amide bonds. The standard InChI is InChI=1S/C18H28S/c19-7-1-2-10-5-6-13-14-9-15(16(10)13)18-12-4-3-11(8-12)17(14)18/h10-19H,1-9H2. The van der Waals surface area contributed by atoms with Crippen molar-refractivity contribution in [2.45, 2.75) is 51.4 Å². The lowest BCUT2D eigenvalue weighted by Crippen LogP contribution is -2.37. The molecule has 0 spiro atoms. The van der Waals surface area contributed by atoms with Crippen LogP contribution in [-0.2, 0) is 0 Å². The summed E-state index contributed by atoms with van der Waals surface area (Å²) in [4.78, 5) is 0. The van der Waals surface area contributed by atoms with Crippen molar-refractivity contribution < 1.29 is 0 Å². The molecule has 5 aliphatic carbocycles. The van der Waals surface area contributed by atoms with Crippen LogP contribution in [0.5, 0.6) is 0 Å². The zero-order chi connectivity index (χ0) is 12.6. The number of hydrogen-bond donors (Lipinski definition) is 1. The number of rotatable bonds is 3. The van der Waals surface area contributed by atoms with Gasteiger partial charge in [-0.05, 0) is 110 Å². The first kappa shape index (κ1) is 12.0. The Morgan fingerprint density at radius 1 is 0.737 bits per heavy atom. The summed E-state index contributed by atoms with van der Waals surface area (Å²) >= 11 is 4.44. The highest BCUT2D eigenvalue weighted by atomic mass is 32.1. The van der Waals surface area contributed by atoms with E-state index in [1.165, 1.54) is 60.2 Å².